The molecule has 0 N–H and O–H groups in total. The quantitative estimate of drug-likeness (QED) is 0.462. The Morgan fingerprint density at radius 3 is 2.54 bits per heavy atom. The van der Waals surface area contributed by atoms with Crippen LogP contribution in [-0.2, 0) is 9.53 Å². The highest BCUT2D eigenvalue weighted by Gasteiger charge is 2.08. The lowest BCUT2D eigenvalue weighted by Crippen LogP contribution is -2.07. The summed E-state index contributed by atoms with van der Waals surface area (Å²) in [4.78, 5) is 23.6. The van der Waals surface area contributed by atoms with E-state index in [4.69, 9.17) is 14.2 Å². The van der Waals surface area contributed by atoms with E-state index in [1.54, 1.807) is 44.4 Å². The summed E-state index contributed by atoms with van der Waals surface area (Å²) in [5, 5.41) is 0. The van der Waals surface area contributed by atoms with Gasteiger partial charge in [0.15, 0.2) is 0 Å². The van der Waals surface area contributed by atoms with E-state index in [-0.39, 0.29) is 12.4 Å². The molecule has 2 aromatic carbocycles. The lowest BCUT2D eigenvalue weighted by atomic mass is 10.2. The number of esters is 2. The number of carbonyl (C=O) groups is 2. The minimum Gasteiger partial charge on any atom is -0.497 e. The van der Waals surface area contributed by atoms with Crippen molar-refractivity contribution in [3.63, 3.8) is 0 Å². The number of hydrogen-bond acceptors (Lipinski definition) is 5. The molecule has 0 aliphatic carbocycles. The van der Waals surface area contributed by atoms with Crippen molar-refractivity contribution < 1.29 is 23.8 Å². The van der Waals surface area contributed by atoms with E-state index in [1.165, 1.54) is 12.1 Å². The molecule has 0 unspecified atom stereocenters. The minimum atomic E-state index is -0.543. The summed E-state index contributed by atoms with van der Waals surface area (Å²) in [7, 11) is 1.58. The van der Waals surface area contributed by atoms with Crippen LogP contribution in [-0.4, -0.2) is 25.7 Å². The monoisotopic (exact) mass is 326 g/mol. The van der Waals surface area contributed by atoms with Gasteiger partial charge in [0.2, 0.25) is 0 Å². The van der Waals surface area contributed by atoms with E-state index in [1.807, 2.05) is 18.2 Å². The minimum absolute atomic E-state index is 0.279. The molecule has 0 saturated carbocycles. The molecule has 0 aliphatic rings. The van der Waals surface area contributed by atoms with Gasteiger partial charge < -0.3 is 14.2 Å². The van der Waals surface area contributed by atoms with Gasteiger partial charge in [-0.1, -0.05) is 18.2 Å². The van der Waals surface area contributed by atoms with Crippen molar-refractivity contribution in [2.45, 2.75) is 6.92 Å². The van der Waals surface area contributed by atoms with E-state index in [9.17, 15) is 9.59 Å². The first-order chi connectivity index (χ1) is 11.6. The predicted molar refractivity (Wildman–Crippen MR) is 90.1 cm³/mol. The van der Waals surface area contributed by atoms with E-state index >= 15 is 0 Å². The maximum atomic E-state index is 11.9. The molecule has 0 atom stereocenters. The van der Waals surface area contributed by atoms with Crippen LogP contribution in [0.5, 0.6) is 11.5 Å². The van der Waals surface area contributed by atoms with Gasteiger partial charge in [-0.2, -0.15) is 0 Å². The highest BCUT2D eigenvalue weighted by atomic mass is 16.5. The molecule has 124 valence electrons. The molecule has 0 amide bonds. The molecule has 2 aromatic rings. The molecular formula is C19H18O5. The third-order valence-electron chi connectivity index (χ3n) is 3.07. The second kappa shape index (κ2) is 8.53. The Morgan fingerprint density at radius 1 is 1.04 bits per heavy atom. The van der Waals surface area contributed by atoms with Crippen LogP contribution in [0.3, 0.4) is 0 Å². The Bertz CT molecular complexity index is 749. The number of hydrogen-bond donors (Lipinski definition) is 0. The van der Waals surface area contributed by atoms with Crippen LogP contribution in [0.4, 0.5) is 0 Å². The highest BCUT2D eigenvalue weighted by Crippen LogP contribution is 2.16. The molecule has 5 nitrogen and oxygen atoms in total. The first-order valence-electron chi connectivity index (χ1n) is 7.43. The average Bonchev–Trinajstić information content (AvgIpc) is 2.60. The Morgan fingerprint density at radius 2 is 1.79 bits per heavy atom. The molecule has 0 spiro atoms. The van der Waals surface area contributed by atoms with Crippen molar-refractivity contribution in [2.75, 3.05) is 13.7 Å². The van der Waals surface area contributed by atoms with Crippen LogP contribution in [0.15, 0.2) is 54.6 Å². The molecule has 5 heteroatoms. The van der Waals surface area contributed by atoms with Crippen LogP contribution in [0.25, 0.3) is 6.08 Å². The van der Waals surface area contributed by atoms with E-state index in [0.29, 0.717) is 11.3 Å². The van der Waals surface area contributed by atoms with Crippen molar-refractivity contribution in [2.24, 2.45) is 0 Å². The van der Waals surface area contributed by atoms with Crippen LogP contribution in [0.2, 0.25) is 0 Å². The number of benzene rings is 2. The SMILES string of the molecule is CCOC(=O)c1cccc(OC(=O)/C=C/c2cccc(OC)c2)c1. The molecule has 0 fully saturated rings. The zero-order valence-electron chi connectivity index (χ0n) is 13.5. The third-order valence-corrected chi connectivity index (χ3v) is 3.07. The van der Waals surface area contributed by atoms with E-state index < -0.39 is 11.9 Å². The van der Waals surface area contributed by atoms with Gasteiger partial charge in [0.05, 0.1) is 19.3 Å². The van der Waals surface area contributed by atoms with Crippen LogP contribution < -0.4 is 9.47 Å². The third kappa shape index (κ3) is 4.98. The van der Waals surface area contributed by atoms with Crippen molar-refractivity contribution in [3.8, 4) is 11.5 Å². The summed E-state index contributed by atoms with van der Waals surface area (Å²) in [6, 6.07) is 13.6. The topological polar surface area (TPSA) is 61.8 Å². The highest BCUT2D eigenvalue weighted by molar-refractivity contribution is 5.91. The fourth-order valence-electron chi connectivity index (χ4n) is 1.96. The summed E-state index contributed by atoms with van der Waals surface area (Å²) in [6.07, 6.45) is 2.94. The van der Waals surface area contributed by atoms with Gasteiger partial charge >= 0.3 is 11.9 Å². The molecule has 2 rings (SSSR count). The van der Waals surface area contributed by atoms with Gasteiger partial charge in [-0.15, -0.1) is 0 Å². The van der Waals surface area contributed by atoms with Gasteiger partial charge in [-0.05, 0) is 48.9 Å². The van der Waals surface area contributed by atoms with Gasteiger partial charge in [0.25, 0.3) is 0 Å². The van der Waals surface area contributed by atoms with Gasteiger partial charge in [0.1, 0.15) is 11.5 Å². The molecule has 24 heavy (non-hydrogen) atoms. The Hall–Kier alpha value is -3.08. The fraction of sp³-hybridized carbons (Fsp3) is 0.158. The van der Waals surface area contributed by atoms with Crippen LogP contribution >= 0.6 is 0 Å². The zero-order chi connectivity index (χ0) is 17.4. The number of rotatable bonds is 6. The second-order valence-electron chi connectivity index (χ2n) is 4.78. The molecule has 0 bridgehead atoms. The molecule has 0 radical (unpaired) electrons. The Kier molecular flexibility index (Phi) is 6.14. The molecule has 0 aromatic heterocycles. The van der Waals surface area contributed by atoms with Crippen molar-refractivity contribution in [1.82, 2.24) is 0 Å². The normalized spacial score (nSPS) is 10.4. The summed E-state index contributed by atoms with van der Waals surface area (Å²) < 4.78 is 15.2. The van der Waals surface area contributed by atoms with Crippen molar-refractivity contribution in [3.05, 3.63) is 65.7 Å². The first kappa shape index (κ1) is 17.3. The lowest BCUT2D eigenvalue weighted by Gasteiger charge is -2.05. The molecule has 0 heterocycles. The van der Waals surface area contributed by atoms with Crippen molar-refractivity contribution >= 4 is 18.0 Å². The Labute approximate surface area is 140 Å². The van der Waals surface area contributed by atoms with E-state index in [0.717, 1.165) is 5.56 Å². The predicted octanol–water partition coefficient (Wildman–Crippen LogP) is 3.49. The average molecular weight is 326 g/mol. The van der Waals surface area contributed by atoms with Gasteiger partial charge in [0, 0.05) is 6.08 Å². The van der Waals surface area contributed by atoms with Gasteiger partial charge in [-0.25, -0.2) is 9.59 Å². The summed E-state index contributed by atoms with van der Waals surface area (Å²) in [6.45, 7) is 2.01. The molecular weight excluding hydrogens is 308 g/mol. The van der Waals surface area contributed by atoms with E-state index in [2.05, 4.69) is 0 Å². The first-order valence-corrected chi connectivity index (χ1v) is 7.43. The molecule has 0 aliphatic heterocycles. The van der Waals surface area contributed by atoms with Crippen molar-refractivity contribution in [1.29, 1.82) is 0 Å². The number of carbonyl (C=O) groups excluding carboxylic acids is 2. The van der Waals surface area contributed by atoms with Gasteiger partial charge in [-0.3, -0.25) is 0 Å². The lowest BCUT2D eigenvalue weighted by molar-refractivity contribution is -0.128. The summed E-state index contributed by atoms with van der Waals surface area (Å²) in [5.74, 6) is -0.0188. The standard InChI is InChI=1S/C19H18O5/c1-3-23-19(21)15-7-5-9-17(13-15)24-18(20)11-10-14-6-4-8-16(12-14)22-2/h4-13H,3H2,1-2H3/b11-10+. The second-order valence-corrected chi connectivity index (χ2v) is 4.78. The zero-order valence-corrected chi connectivity index (χ0v) is 13.5. The molecule has 0 saturated heterocycles. The van der Waals surface area contributed by atoms with Crippen LogP contribution in [0.1, 0.15) is 22.8 Å². The number of ether oxygens (including phenoxy) is 3. The Balaban J connectivity index is 2.02. The fourth-order valence-corrected chi connectivity index (χ4v) is 1.96. The maximum absolute atomic E-state index is 11.9. The summed E-state index contributed by atoms with van der Waals surface area (Å²) >= 11 is 0. The van der Waals surface area contributed by atoms with Crippen LogP contribution in [0, 0.1) is 0 Å². The number of methoxy groups -OCH3 is 1. The smallest absolute Gasteiger partial charge is 0.338 e. The maximum Gasteiger partial charge on any atom is 0.338 e. The largest absolute Gasteiger partial charge is 0.497 e. The summed E-state index contributed by atoms with van der Waals surface area (Å²) in [5.41, 5.74) is 1.14.